The highest BCUT2D eigenvalue weighted by molar-refractivity contribution is 5.97. The number of halogens is 1. The SMILES string of the molecule is NC1=NC(=O)N([C@@H]2CC[C@H](CO)O2)CC1F. The van der Waals surface area contributed by atoms with Crippen LogP contribution in [0.15, 0.2) is 4.99 Å². The van der Waals surface area contributed by atoms with E-state index >= 15 is 0 Å². The Labute approximate surface area is 91.9 Å². The van der Waals surface area contributed by atoms with Crippen LogP contribution in [0.1, 0.15) is 12.8 Å². The van der Waals surface area contributed by atoms with Crippen molar-refractivity contribution in [1.29, 1.82) is 0 Å². The average molecular weight is 231 g/mol. The molecule has 1 saturated heterocycles. The second-order valence-electron chi connectivity index (χ2n) is 3.91. The minimum atomic E-state index is -1.44. The highest BCUT2D eigenvalue weighted by atomic mass is 19.1. The van der Waals surface area contributed by atoms with Gasteiger partial charge in [-0.3, -0.25) is 4.90 Å². The van der Waals surface area contributed by atoms with Gasteiger partial charge >= 0.3 is 6.03 Å². The van der Waals surface area contributed by atoms with Crippen LogP contribution < -0.4 is 5.73 Å². The van der Waals surface area contributed by atoms with Crippen molar-refractivity contribution in [3.05, 3.63) is 0 Å². The van der Waals surface area contributed by atoms with Crippen molar-refractivity contribution >= 4 is 11.9 Å². The lowest BCUT2D eigenvalue weighted by Gasteiger charge is -2.31. The minimum Gasteiger partial charge on any atom is -0.394 e. The van der Waals surface area contributed by atoms with Gasteiger partial charge < -0.3 is 15.6 Å². The number of carbonyl (C=O) groups excluding carboxylic acids is 1. The molecular weight excluding hydrogens is 217 g/mol. The zero-order valence-electron chi connectivity index (χ0n) is 8.67. The van der Waals surface area contributed by atoms with E-state index in [1.165, 1.54) is 4.90 Å². The molecule has 0 spiro atoms. The van der Waals surface area contributed by atoms with Gasteiger partial charge in [-0.15, -0.1) is 0 Å². The summed E-state index contributed by atoms with van der Waals surface area (Å²) in [6.07, 6.45) is -0.978. The molecule has 2 heterocycles. The fourth-order valence-electron chi connectivity index (χ4n) is 1.88. The first-order valence-corrected chi connectivity index (χ1v) is 5.17. The molecule has 0 aromatic rings. The zero-order valence-corrected chi connectivity index (χ0v) is 8.67. The van der Waals surface area contributed by atoms with Crippen LogP contribution in [0.2, 0.25) is 0 Å². The van der Waals surface area contributed by atoms with Gasteiger partial charge in [0.2, 0.25) is 0 Å². The third kappa shape index (κ3) is 2.00. The van der Waals surface area contributed by atoms with Crippen molar-refractivity contribution in [3.63, 3.8) is 0 Å². The third-order valence-electron chi connectivity index (χ3n) is 2.78. The predicted molar refractivity (Wildman–Crippen MR) is 53.6 cm³/mol. The van der Waals surface area contributed by atoms with Gasteiger partial charge in [-0.05, 0) is 12.8 Å². The number of amides is 2. The maximum Gasteiger partial charge on any atom is 0.347 e. The van der Waals surface area contributed by atoms with Gasteiger partial charge in [0, 0.05) is 0 Å². The van der Waals surface area contributed by atoms with Crippen LogP contribution in [-0.4, -0.2) is 53.5 Å². The lowest BCUT2D eigenvalue weighted by atomic mass is 10.2. The number of aliphatic hydroxyl groups is 1. The Bertz CT molecular complexity index is 323. The van der Waals surface area contributed by atoms with Crippen LogP contribution in [0.25, 0.3) is 0 Å². The summed E-state index contributed by atoms with van der Waals surface area (Å²) < 4.78 is 18.7. The normalized spacial score (nSPS) is 35.4. The molecule has 0 aromatic carbocycles. The summed E-state index contributed by atoms with van der Waals surface area (Å²) in [5.74, 6) is -0.280. The largest absolute Gasteiger partial charge is 0.394 e. The molecule has 2 amide bonds. The summed E-state index contributed by atoms with van der Waals surface area (Å²) in [5, 5.41) is 8.89. The number of urea groups is 1. The van der Waals surface area contributed by atoms with E-state index in [2.05, 4.69) is 4.99 Å². The lowest BCUT2D eigenvalue weighted by Crippen LogP contribution is -2.50. The molecule has 0 aliphatic carbocycles. The van der Waals surface area contributed by atoms with Crippen LogP contribution in [-0.2, 0) is 4.74 Å². The Morgan fingerprint density at radius 1 is 1.62 bits per heavy atom. The Morgan fingerprint density at radius 2 is 2.38 bits per heavy atom. The zero-order chi connectivity index (χ0) is 11.7. The monoisotopic (exact) mass is 231 g/mol. The third-order valence-corrected chi connectivity index (χ3v) is 2.78. The number of aliphatic imine (C=N–C) groups is 1. The Kier molecular flexibility index (Phi) is 3.06. The van der Waals surface area contributed by atoms with E-state index in [-0.39, 0.29) is 25.1 Å². The molecule has 2 aliphatic rings. The maximum absolute atomic E-state index is 13.3. The second kappa shape index (κ2) is 4.34. The number of aliphatic hydroxyl groups excluding tert-OH is 1. The summed E-state index contributed by atoms with van der Waals surface area (Å²) in [7, 11) is 0. The Balaban J connectivity index is 2.03. The molecule has 0 aromatic heterocycles. The van der Waals surface area contributed by atoms with Gasteiger partial charge in [0.15, 0.2) is 6.17 Å². The van der Waals surface area contributed by atoms with E-state index in [0.717, 1.165) is 0 Å². The molecule has 1 unspecified atom stereocenters. The maximum atomic E-state index is 13.3. The van der Waals surface area contributed by atoms with E-state index in [4.69, 9.17) is 15.6 Å². The van der Waals surface area contributed by atoms with Crippen molar-refractivity contribution < 1.29 is 19.0 Å². The number of hydrogen-bond acceptors (Lipinski definition) is 4. The fraction of sp³-hybridized carbons (Fsp3) is 0.778. The number of ether oxygens (including phenoxy) is 1. The van der Waals surface area contributed by atoms with Crippen LogP contribution in [0.4, 0.5) is 9.18 Å². The first-order chi connectivity index (χ1) is 7.61. The number of rotatable bonds is 2. The van der Waals surface area contributed by atoms with Gasteiger partial charge in [-0.1, -0.05) is 0 Å². The molecule has 0 bridgehead atoms. The molecule has 7 heteroatoms. The highest BCUT2D eigenvalue weighted by Gasteiger charge is 2.37. The molecule has 6 nitrogen and oxygen atoms in total. The van der Waals surface area contributed by atoms with Gasteiger partial charge in [-0.25, -0.2) is 9.18 Å². The van der Waals surface area contributed by atoms with E-state index in [0.29, 0.717) is 12.8 Å². The topological polar surface area (TPSA) is 88.2 Å². The quantitative estimate of drug-likeness (QED) is 0.677. The van der Waals surface area contributed by atoms with Gasteiger partial charge in [0.25, 0.3) is 0 Å². The first kappa shape index (κ1) is 11.3. The van der Waals surface area contributed by atoms with Crippen molar-refractivity contribution in [2.24, 2.45) is 10.7 Å². The predicted octanol–water partition coefficient (Wildman–Crippen LogP) is -0.385. The molecule has 3 N–H and O–H groups in total. The second-order valence-corrected chi connectivity index (χ2v) is 3.91. The molecule has 3 atom stereocenters. The standard InChI is InChI=1S/C9H14FN3O3/c10-6-3-13(9(15)12-8(6)11)7-2-1-5(4-14)16-7/h5-7,14H,1-4H2,(H2,11,12,15)/t5-,6?,7+/m1/s1. The smallest absolute Gasteiger partial charge is 0.347 e. The van der Waals surface area contributed by atoms with Crippen LogP contribution in [0.5, 0.6) is 0 Å². The highest BCUT2D eigenvalue weighted by Crippen LogP contribution is 2.24. The number of hydrogen-bond donors (Lipinski definition) is 2. The molecule has 16 heavy (non-hydrogen) atoms. The van der Waals surface area contributed by atoms with Gasteiger partial charge in [0.05, 0.1) is 19.3 Å². The van der Waals surface area contributed by atoms with Crippen molar-refractivity contribution in [2.75, 3.05) is 13.2 Å². The van der Waals surface area contributed by atoms with Crippen LogP contribution in [0, 0.1) is 0 Å². The Hall–Kier alpha value is -1.21. The average Bonchev–Trinajstić information content (AvgIpc) is 2.71. The van der Waals surface area contributed by atoms with Crippen molar-refractivity contribution in [2.45, 2.75) is 31.3 Å². The summed E-state index contributed by atoms with van der Waals surface area (Å²) >= 11 is 0. The van der Waals surface area contributed by atoms with Crippen molar-refractivity contribution in [3.8, 4) is 0 Å². The Morgan fingerprint density at radius 3 is 3.00 bits per heavy atom. The first-order valence-electron chi connectivity index (χ1n) is 5.17. The van der Waals surface area contributed by atoms with Crippen LogP contribution >= 0.6 is 0 Å². The summed E-state index contributed by atoms with van der Waals surface area (Å²) in [4.78, 5) is 16.1. The molecule has 2 aliphatic heterocycles. The summed E-state index contributed by atoms with van der Waals surface area (Å²) in [6, 6.07) is -0.574. The number of carbonyl (C=O) groups is 1. The number of amidine groups is 1. The van der Waals surface area contributed by atoms with Crippen LogP contribution in [0.3, 0.4) is 0 Å². The van der Waals surface area contributed by atoms with E-state index in [1.807, 2.05) is 0 Å². The van der Waals surface area contributed by atoms with E-state index < -0.39 is 18.4 Å². The van der Waals surface area contributed by atoms with Gasteiger partial charge in [0.1, 0.15) is 12.1 Å². The minimum absolute atomic E-state index is 0.0943. The molecule has 0 saturated carbocycles. The molecule has 90 valence electrons. The fourth-order valence-corrected chi connectivity index (χ4v) is 1.88. The summed E-state index contributed by atoms with van der Waals surface area (Å²) in [5.41, 5.74) is 5.23. The summed E-state index contributed by atoms with van der Waals surface area (Å²) in [6.45, 7) is -0.222. The molecule has 1 fully saturated rings. The number of nitrogens with zero attached hydrogens (tertiary/aromatic N) is 2. The van der Waals surface area contributed by atoms with E-state index in [9.17, 15) is 9.18 Å². The lowest BCUT2D eigenvalue weighted by molar-refractivity contribution is -0.0532. The molecular formula is C9H14FN3O3. The number of nitrogens with two attached hydrogens (primary N) is 1. The van der Waals surface area contributed by atoms with Gasteiger partial charge in [-0.2, -0.15) is 4.99 Å². The molecule has 2 rings (SSSR count). The molecule has 0 radical (unpaired) electrons. The number of alkyl halides is 1. The van der Waals surface area contributed by atoms with Crippen molar-refractivity contribution in [1.82, 2.24) is 4.90 Å². The van der Waals surface area contributed by atoms with E-state index in [1.54, 1.807) is 0 Å².